The second-order valence-corrected chi connectivity index (χ2v) is 8.75. The highest BCUT2D eigenvalue weighted by Gasteiger charge is 2.29. The van der Waals surface area contributed by atoms with E-state index in [1.807, 2.05) is 10.9 Å². The maximum atomic E-state index is 13.1. The smallest absolute Gasteiger partial charge is 0.361 e. The molecule has 1 atom stereocenters. The van der Waals surface area contributed by atoms with Crippen LogP contribution in [0.15, 0.2) is 42.9 Å². The summed E-state index contributed by atoms with van der Waals surface area (Å²) in [5.74, 6) is -2.29. The molecule has 0 radical (unpaired) electrons. The molecule has 2 aromatic heterocycles. The molecule has 1 aliphatic rings. The van der Waals surface area contributed by atoms with E-state index < -0.39 is 23.8 Å². The molecule has 0 bridgehead atoms. The number of hydrogen-bond acceptors (Lipinski definition) is 8. The van der Waals surface area contributed by atoms with E-state index in [4.69, 9.17) is 10.5 Å². The number of nitrogens with zero attached hydrogens (tertiary/aromatic N) is 4. The van der Waals surface area contributed by atoms with Gasteiger partial charge in [-0.05, 0) is 56.1 Å². The van der Waals surface area contributed by atoms with Crippen LogP contribution in [0.5, 0.6) is 0 Å². The molecule has 0 saturated carbocycles. The van der Waals surface area contributed by atoms with Crippen LogP contribution in [0, 0.1) is 11.7 Å². The van der Waals surface area contributed by atoms with Crippen LogP contribution in [-0.2, 0) is 9.53 Å². The quantitative estimate of drug-likeness (QED) is 0.406. The van der Waals surface area contributed by atoms with Gasteiger partial charge in [-0.1, -0.05) is 13.8 Å². The number of ether oxygens (including phenoxy) is 1. The number of hydrogen-bond donors (Lipinski definition) is 3. The van der Waals surface area contributed by atoms with Gasteiger partial charge in [0.05, 0.1) is 24.1 Å². The molecule has 12 heteroatoms. The summed E-state index contributed by atoms with van der Waals surface area (Å²) in [4.78, 5) is 34.2. The summed E-state index contributed by atoms with van der Waals surface area (Å²) in [6.07, 6.45) is 5.84. The summed E-state index contributed by atoms with van der Waals surface area (Å²) in [7, 11) is 0. The van der Waals surface area contributed by atoms with Crippen molar-refractivity contribution in [3.63, 3.8) is 0 Å². The lowest BCUT2D eigenvalue weighted by Crippen LogP contribution is -2.37. The summed E-state index contributed by atoms with van der Waals surface area (Å²) >= 11 is 0. The fourth-order valence-corrected chi connectivity index (χ4v) is 3.84. The lowest BCUT2D eigenvalue weighted by atomic mass is 10.1. The first kappa shape index (κ1) is 27.0. The number of nitrogen functional groups attached to an aromatic ring is 1. The molecule has 1 aromatic carbocycles. The van der Waals surface area contributed by atoms with E-state index in [-0.39, 0.29) is 29.8 Å². The molecule has 0 unspecified atom stereocenters. The number of amides is 1. The number of piperidine rings is 1. The van der Waals surface area contributed by atoms with Crippen molar-refractivity contribution in [2.75, 3.05) is 24.1 Å². The van der Waals surface area contributed by atoms with Crippen LogP contribution < -0.4 is 16.4 Å². The SMILES string of the molecule is CC(C)[C@@H](OC(=O)c1nc(-c2cnn(C3CCNCC3)c2)cnc1N)C(=O)Nc1ccc(F)cc1.Cl. The van der Waals surface area contributed by atoms with Gasteiger partial charge in [0, 0.05) is 17.4 Å². The van der Waals surface area contributed by atoms with Gasteiger partial charge in [-0.3, -0.25) is 9.48 Å². The Morgan fingerprint density at radius 2 is 1.89 bits per heavy atom. The summed E-state index contributed by atoms with van der Waals surface area (Å²) in [5.41, 5.74) is 7.23. The average molecular weight is 518 g/mol. The van der Waals surface area contributed by atoms with Crippen LogP contribution in [0.25, 0.3) is 11.3 Å². The van der Waals surface area contributed by atoms with Gasteiger partial charge >= 0.3 is 5.97 Å². The highest BCUT2D eigenvalue weighted by Crippen LogP contribution is 2.24. The standard InChI is InChI=1S/C24H28FN7O3.ClH/c1-14(2)21(23(33)30-17-5-3-16(25)4-6-17)35-24(34)20-22(26)28-12-19(31-20)15-11-29-32(13-15)18-7-9-27-10-8-18;/h3-6,11-14,18,21,27H,7-10H2,1-2H3,(H2,26,28)(H,30,33);1H/t21-;/m1./s1. The Bertz CT molecular complexity index is 1200. The number of anilines is 2. The van der Waals surface area contributed by atoms with Gasteiger partial charge in [-0.2, -0.15) is 5.10 Å². The van der Waals surface area contributed by atoms with Gasteiger partial charge in [-0.15, -0.1) is 12.4 Å². The van der Waals surface area contributed by atoms with Crippen molar-refractivity contribution >= 4 is 35.8 Å². The van der Waals surface area contributed by atoms with E-state index in [0.29, 0.717) is 23.0 Å². The third-order valence-electron chi connectivity index (χ3n) is 5.78. The minimum absolute atomic E-state index is 0. The second-order valence-electron chi connectivity index (χ2n) is 8.75. The van der Waals surface area contributed by atoms with Crippen molar-refractivity contribution in [1.82, 2.24) is 25.1 Å². The monoisotopic (exact) mass is 517 g/mol. The minimum Gasteiger partial charge on any atom is -0.447 e. The van der Waals surface area contributed by atoms with Gasteiger partial charge in [0.15, 0.2) is 17.6 Å². The third-order valence-corrected chi connectivity index (χ3v) is 5.78. The Labute approximate surface area is 214 Å². The molecule has 192 valence electrons. The predicted octanol–water partition coefficient (Wildman–Crippen LogP) is 3.23. The molecule has 1 aliphatic heterocycles. The van der Waals surface area contributed by atoms with Gasteiger partial charge in [0.25, 0.3) is 5.91 Å². The third kappa shape index (κ3) is 6.35. The number of aromatic nitrogens is 4. The molecular formula is C24H29ClFN7O3. The second kappa shape index (κ2) is 11.9. The molecule has 3 aromatic rings. The number of nitrogens with two attached hydrogens (primary N) is 1. The lowest BCUT2D eigenvalue weighted by Gasteiger charge is -2.22. The number of carbonyl (C=O) groups excluding carboxylic acids is 2. The van der Waals surface area contributed by atoms with Crippen molar-refractivity contribution in [3.8, 4) is 11.3 Å². The summed E-state index contributed by atoms with van der Waals surface area (Å²) < 4.78 is 20.5. The van der Waals surface area contributed by atoms with E-state index in [1.54, 1.807) is 20.0 Å². The molecule has 4 N–H and O–H groups in total. The van der Waals surface area contributed by atoms with Crippen molar-refractivity contribution in [2.45, 2.75) is 38.8 Å². The topological polar surface area (TPSA) is 137 Å². The largest absolute Gasteiger partial charge is 0.447 e. The number of rotatable bonds is 7. The molecule has 1 fully saturated rings. The Morgan fingerprint density at radius 1 is 1.19 bits per heavy atom. The van der Waals surface area contributed by atoms with Crippen LogP contribution in [0.3, 0.4) is 0 Å². The van der Waals surface area contributed by atoms with E-state index >= 15 is 0 Å². The lowest BCUT2D eigenvalue weighted by molar-refractivity contribution is -0.126. The maximum absolute atomic E-state index is 13.1. The van der Waals surface area contributed by atoms with Crippen LogP contribution in [0.2, 0.25) is 0 Å². The summed E-state index contributed by atoms with van der Waals surface area (Å²) in [5, 5.41) is 10.4. The van der Waals surface area contributed by atoms with Crippen molar-refractivity contribution in [2.24, 2.45) is 5.92 Å². The van der Waals surface area contributed by atoms with E-state index in [0.717, 1.165) is 25.9 Å². The zero-order chi connectivity index (χ0) is 24.9. The van der Waals surface area contributed by atoms with Crippen molar-refractivity contribution in [3.05, 3.63) is 54.4 Å². The van der Waals surface area contributed by atoms with Gasteiger partial charge in [0.2, 0.25) is 0 Å². The average Bonchev–Trinajstić information content (AvgIpc) is 3.35. The molecule has 0 aliphatic carbocycles. The zero-order valence-electron chi connectivity index (χ0n) is 20.0. The van der Waals surface area contributed by atoms with Gasteiger partial charge in [-0.25, -0.2) is 19.2 Å². The van der Waals surface area contributed by atoms with Crippen LogP contribution in [-0.4, -0.2) is 50.8 Å². The molecule has 0 spiro atoms. The zero-order valence-corrected chi connectivity index (χ0v) is 20.8. The number of nitrogens with one attached hydrogen (secondary N) is 2. The highest BCUT2D eigenvalue weighted by molar-refractivity contribution is 5.98. The maximum Gasteiger partial charge on any atom is 0.361 e. The number of halogens is 2. The fraction of sp³-hybridized carbons (Fsp3) is 0.375. The molecule has 36 heavy (non-hydrogen) atoms. The van der Waals surface area contributed by atoms with Crippen LogP contribution in [0.4, 0.5) is 15.9 Å². The Balaban J connectivity index is 0.00000361. The number of esters is 1. The minimum atomic E-state index is -1.12. The van der Waals surface area contributed by atoms with Crippen molar-refractivity contribution < 1.29 is 18.7 Å². The molecule has 3 heterocycles. The van der Waals surface area contributed by atoms with Crippen LogP contribution >= 0.6 is 12.4 Å². The molecule has 1 saturated heterocycles. The van der Waals surface area contributed by atoms with E-state index in [1.165, 1.54) is 30.5 Å². The van der Waals surface area contributed by atoms with E-state index in [9.17, 15) is 14.0 Å². The highest BCUT2D eigenvalue weighted by atomic mass is 35.5. The van der Waals surface area contributed by atoms with Gasteiger partial charge < -0.3 is 21.1 Å². The predicted molar refractivity (Wildman–Crippen MR) is 135 cm³/mol. The molecule has 10 nitrogen and oxygen atoms in total. The number of carbonyl (C=O) groups is 2. The molecular weight excluding hydrogens is 489 g/mol. The Morgan fingerprint density at radius 3 is 2.56 bits per heavy atom. The normalized spacial score (nSPS) is 14.7. The van der Waals surface area contributed by atoms with Gasteiger partial charge in [0.1, 0.15) is 5.82 Å². The molecule has 1 amide bonds. The first-order chi connectivity index (χ1) is 16.8. The Kier molecular flexibility index (Phi) is 8.94. The first-order valence-electron chi connectivity index (χ1n) is 11.5. The summed E-state index contributed by atoms with van der Waals surface area (Å²) in [6, 6.07) is 5.58. The number of benzene rings is 1. The van der Waals surface area contributed by atoms with Crippen LogP contribution in [0.1, 0.15) is 43.2 Å². The Hall–Kier alpha value is -3.57. The summed E-state index contributed by atoms with van der Waals surface area (Å²) in [6.45, 7) is 5.35. The fourth-order valence-electron chi connectivity index (χ4n) is 3.84. The molecule has 4 rings (SSSR count). The van der Waals surface area contributed by atoms with E-state index in [2.05, 4.69) is 25.7 Å². The van der Waals surface area contributed by atoms with Crippen molar-refractivity contribution in [1.29, 1.82) is 0 Å². The first-order valence-corrected chi connectivity index (χ1v) is 11.5.